The van der Waals surface area contributed by atoms with Crippen molar-refractivity contribution >= 4 is 11.7 Å². The van der Waals surface area contributed by atoms with E-state index in [1.807, 2.05) is 30.3 Å². The first kappa shape index (κ1) is 14.1. The van der Waals surface area contributed by atoms with Crippen LogP contribution in [0.2, 0.25) is 0 Å². The Morgan fingerprint density at radius 1 is 1.25 bits per heavy atom. The topological polar surface area (TPSA) is 49.3 Å². The summed E-state index contributed by atoms with van der Waals surface area (Å²) in [5, 5.41) is 12.0. The second kappa shape index (κ2) is 6.19. The van der Waals surface area contributed by atoms with Gasteiger partial charge in [0.2, 0.25) is 0 Å². The van der Waals surface area contributed by atoms with Gasteiger partial charge in [-0.2, -0.15) is 0 Å². The molecule has 104 valence electrons. The number of carboxylic acid groups (broad SMARTS) is 1. The van der Waals surface area contributed by atoms with E-state index < -0.39 is 11.8 Å². The lowest BCUT2D eigenvalue weighted by molar-refractivity contribution is 0.0692. The van der Waals surface area contributed by atoms with Crippen LogP contribution in [0, 0.1) is 5.82 Å². The smallest absolute Gasteiger partial charge is 0.338 e. The third kappa shape index (κ3) is 3.35. The van der Waals surface area contributed by atoms with Gasteiger partial charge in [-0.25, -0.2) is 9.18 Å². The molecule has 0 heterocycles. The van der Waals surface area contributed by atoms with Crippen molar-refractivity contribution in [1.29, 1.82) is 0 Å². The highest BCUT2D eigenvalue weighted by molar-refractivity contribution is 5.89. The van der Waals surface area contributed by atoms with Gasteiger partial charge in [-0.15, -0.1) is 0 Å². The van der Waals surface area contributed by atoms with Crippen molar-refractivity contribution < 1.29 is 14.3 Å². The number of carboxylic acids is 1. The Morgan fingerprint density at radius 3 is 2.60 bits per heavy atom. The lowest BCUT2D eigenvalue weighted by Gasteiger charge is -2.14. The maximum atomic E-state index is 13.3. The summed E-state index contributed by atoms with van der Waals surface area (Å²) in [5.74, 6) is -1.71. The van der Waals surface area contributed by atoms with E-state index in [1.165, 1.54) is 17.7 Å². The lowest BCUT2D eigenvalue weighted by Crippen LogP contribution is -2.11. The zero-order valence-corrected chi connectivity index (χ0v) is 11.1. The third-order valence-corrected chi connectivity index (χ3v) is 3.18. The molecule has 1 unspecified atom stereocenters. The van der Waals surface area contributed by atoms with Gasteiger partial charge >= 0.3 is 5.97 Å². The molecule has 0 fully saturated rings. The van der Waals surface area contributed by atoms with Crippen molar-refractivity contribution in [2.45, 2.75) is 12.8 Å². The summed E-state index contributed by atoms with van der Waals surface area (Å²) < 4.78 is 13.3. The van der Waals surface area contributed by atoms with Crippen LogP contribution in [-0.2, 0) is 0 Å². The SMILES string of the molecule is CC(CNc1ccc(F)c(C(=O)O)c1)c1ccccc1. The molecule has 0 saturated heterocycles. The van der Waals surface area contributed by atoms with Crippen LogP contribution in [0.5, 0.6) is 0 Å². The van der Waals surface area contributed by atoms with Crippen LogP contribution >= 0.6 is 0 Å². The summed E-state index contributed by atoms with van der Waals surface area (Å²) >= 11 is 0. The van der Waals surface area contributed by atoms with Crippen LogP contribution in [0.15, 0.2) is 48.5 Å². The molecule has 0 radical (unpaired) electrons. The maximum Gasteiger partial charge on any atom is 0.338 e. The van der Waals surface area contributed by atoms with E-state index in [0.717, 1.165) is 0 Å². The molecule has 0 amide bonds. The zero-order chi connectivity index (χ0) is 14.5. The molecular formula is C16H16FNO2. The Labute approximate surface area is 117 Å². The minimum Gasteiger partial charge on any atom is -0.478 e. The minimum atomic E-state index is -1.26. The van der Waals surface area contributed by atoms with Gasteiger partial charge in [0.05, 0.1) is 5.56 Å². The van der Waals surface area contributed by atoms with Gasteiger partial charge in [-0.05, 0) is 29.7 Å². The maximum absolute atomic E-state index is 13.3. The van der Waals surface area contributed by atoms with Gasteiger partial charge in [-0.1, -0.05) is 37.3 Å². The first-order chi connectivity index (χ1) is 9.58. The summed E-state index contributed by atoms with van der Waals surface area (Å²) in [6.45, 7) is 2.72. The molecule has 2 aromatic carbocycles. The number of anilines is 1. The third-order valence-electron chi connectivity index (χ3n) is 3.18. The first-order valence-corrected chi connectivity index (χ1v) is 6.39. The fourth-order valence-electron chi connectivity index (χ4n) is 1.97. The number of hydrogen-bond donors (Lipinski definition) is 2. The van der Waals surface area contributed by atoms with Gasteiger partial charge < -0.3 is 10.4 Å². The number of benzene rings is 2. The van der Waals surface area contributed by atoms with Crippen molar-refractivity contribution in [2.75, 3.05) is 11.9 Å². The van der Waals surface area contributed by atoms with E-state index in [-0.39, 0.29) is 11.5 Å². The monoisotopic (exact) mass is 273 g/mol. The highest BCUT2D eigenvalue weighted by Gasteiger charge is 2.11. The lowest BCUT2D eigenvalue weighted by atomic mass is 10.0. The first-order valence-electron chi connectivity index (χ1n) is 6.39. The number of rotatable bonds is 5. The molecule has 0 saturated carbocycles. The van der Waals surface area contributed by atoms with E-state index >= 15 is 0 Å². The minimum absolute atomic E-state index is 0.273. The van der Waals surface area contributed by atoms with Crippen LogP contribution < -0.4 is 5.32 Å². The van der Waals surface area contributed by atoms with Crippen LogP contribution in [0.3, 0.4) is 0 Å². The van der Waals surface area contributed by atoms with Crippen molar-refractivity contribution in [3.8, 4) is 0 Å². The van der Waals surface area contributed by atoms with E-state index in [0.29, 0.717) is 12.2 Å². The molecule has 0 aliphatic carbocycles. The summed E-state index contributed by atoms with van der Waals surface area (Å²) in [5.41, 5.74) is 1.48. The van der Waals surface area contributed by atoms with E-state index in [9.17, 15) is 9.18 Å². The molecule has 0 bridgehead atoms. The average molecular weight is 273 g/mol. The summed E-state index contributed by atoms with van der Waals surface area (Å²) in [6.07, 6.45) is 0. The molecule has 0 aromatic heterocycles. The Balaban J connectivity index is 2.04. The van der Waals surface area contributed by atoms with E-state index in [1.54, 1.807) is 6.07 Å². The van der Waals surface area contributed by atoms with E-state index in [2.05, 4.69) is 12.2 Å². The second-order valence-electron chi connectivity index (χ2n) is 4.69. The van der Waals surface area contributed by atoms with Crippen LogP contribution in [-0.4, -0.2) is 17.6 Å². The summed E-state index contributed by atoms with van der Waals surface area (Å²) in [6, 6.07) is 14.0. The van der Waals surface area contributed by atoms with Gasteiger partial charge in [0, 0.05) is 12.2 Å². The van der Waals surface area contributed by atoms with Gasteiger partial charge in [0.15, 0.2) is 0 Å². The number of aromatic carboxylic acids is 1. The quantitative estimate of drug-likeness (QED) is 0.872. The molecule has 0 spiro atoms. The Bertz CT molecular complexity index is 599. The normalized spacial score (nSPS) is 11.9. The standard InChI is InChI=1S/C16H16FNO2/c1-11(12-5-3-2-4-6-12)10-18-13-7-8-15(17)14(9-13)16(19)20/h2-9,11,18H,10H2,1H3,(H,19,20). The molecule has 2 rings (SSSR count). The number of hydrogen-bond acceptors (Lipinski definition) is 2. The number of halogens is 1. The molecule has 0 aliphatic heterocycles. The molecule has 2 N–H and O–H groups in total. The Hall–Kier alpha value is -2.36. The average Bonchev–Trinajstić information content (AvgIpc) is 2.46. The highest BCUT2D eigenvalue weighted by atomic mass is 19.1. The number of carbonyl (C=O) groups is 1. The van der Waals surface area contributed by atoms with Gasteiger partial charge in [0.25, 0.3) is 0 Å². The van der Waals surface area contributed by atoms with Crippen molar-refractivity contribution in [3.05, 3.63) is 65.5 Å². The summed E-state index contributed by atoms with van der Waals surface area (Å²) in [7, 11) is 0. The Morgan fingerprint density at radius 2 is 1.95 bits per heavy atom. The van der Waals surface area contributed by atoms with Crippen LogP contribution in [0.4, 0.5) is 10.1 Å². The second-order valence-corrected chi connectivity index (χ2v) is 4.69. The summed E-state index contributed by atoms with van der Waals surface area (Å²) in [4.78, 5) is 10.9. The van der Waals surface area contributed by atoms with Gasteiger partial charge in [0.1, 0.15) is 5.82 Å². The molecule has 3 nitrogen and oxygen atoms in total. The molecular weight excluding hydrogens is 257 g/mol. The molecule has 4 heteroatoms. The molecule has 1 atom stereocenters. The number of nitrogens with one attached hydrogen (secondary N) is 1. The predicted molar refractivity (Wildman–Crippen MR) is 76.7 cm³/mol. The molecule has 20 heavy (non-hydrogen) atoms. The van der Waals surface area contributed by atoms with Crippen molar-refractivity contribution in [1.82, 2.24) is 0 Å². The van der Waals surface area contributed by atoms with Crippen molar-refractivity contribution in [2.24, 2.45) is 0 Å². The van der Waals surface area contributed by atoms with Crippen LogP contribution in [0.25, 0.3) is 0 Å². The van der Waals surface area contributed by atoms with Crippen molar-refractivity contribution in [3.63, 3.8) is 0 Å². The fourth-order valence-corrected chi connectivity index (χ4v) is 1.97. The Kier molecular flexibility index (Phi) is 4.35. The van der Waals surface area contributed by atoms with Gasteiger partial charge in [-0.3, -0.25) is 0 Å². The van der Waals surface area contributed by atoms with Crippen LogP contribution in [0.1, 0.15) is 28.8 Å². The largest absolute Gasteiger partial charge is 0.478 e. The molecule has 2 aromatic rings. The predicted octanol–water partition coefficient (Wildman–Crippen LogP) is 3.74. The zero-order valence-electron chi connectivity index (χ0n) is 11.1. The van der Waals surface area contributed by atoms with E-state index in [4.69, 9.17) is 5.11 Å². The fraction of sp³-hybridized carbons (Fsp3) is 0.188. The highest BCUT2D eigenvalue weighted by Crippen LogP contribution is 2.18. The molecule has 0 aliphatic rings.